The Hall–Kier alpha value is -3.33. The van der Waals surface area contributed by atoms with Crippen molar-refractivity contribution in [2.45, 2.75) is 44.7 Å². The van der Waals surface area contributed by atoms with Crippen LogP contribution < -0.4 is 5.32 Å². The van der Waals surface area contributed by atoms with Crippen molar-refractivity contribution >= 4 is 28.8 Å². The van der Waals surface area contributed by atoms with Gasteiger partial charge in [-0.1, -0.05) is 18.2 Å². The summed E-state index contributed by atoms with van der Waals surface area (Å²) in [6.45, 7) is 2.39. The number of hydrogen-bond donors (Lipinski definition) is 2. The van der Waals surface area contributed by atoms with Crippen LogP contribution in [0.5, 0.6) is 0 Å². The number of fused-ring (bicyclic) bond motifs is 1. The summed E-state index contributed by atoms with van der Waals surface area (Å²) in [5.74, 6) is -0.194. The summed E-state index contributed by atoms with van der Waals surface area (Å²) in [4.78, 5) is 31.2. The number of halogens is 2. The lowest BCUT2D eigenvalue weighted by atomic mass is 9.89. The number of aliphatic hydroxyl groups excluding tert-OH is 1. The molecule has 2 heterocycles. The van der Waals surface area contributed by atoms with Crippen LogP contribution in [-0.2, 0) is 16.9 Å². The molecule has 1 aliphatic heterocycles. The summed E-state index contributed by atoms with van der Waals surface area (Å²) in [6, 6.07) is 11.1. The molecule has 1 aliphatic rings. The molecule has 9 heteroatoms. The summed E-state index contributed by atoms with van der Waals surface area (Å²) in [7, 11) is 1.79. The molecule has 33 heavy (non-hydrogen) atoms. The highest BCUT2D eigenvalue weighted by molar-refractivity contribution is 6.04. The average molecular weight is 456 g/mol. The molecule has 0 spiro atoms. The van der Waals surface area contributed by atoms with Gasteiger partial charge in [-0.25, -0.2) is 13.8 Å². The van der Waals surface area contributed by atoms with Crippen LogP contribution in [0.3, 0.4) is 0 Å². The third kappa shape index (κ3) is 4.20. The van der Waals surface area contributed by atoms with Crippen molar-refractivity contribution in [3.8, 4) is 0 Å². The van der Waals surface area contributed by atoms with Crippen LogP contribution in [0.2, 0.25) is 0 Å². The van der Waals surface area contributed by atoms with Gasteiger partial charge in [0.1, 0.15) is 0 Å². The average Bonchev–Trinajstić information content (AvgIpc) is 3.29. The number of carbonyl (C=O) groups excluding carboxylic acids is 2. The molecule has 174 valence electrons. The number of nitrogens with zero attached hydrogens (tertiary/aromatic N) is 3. The van der Waals surface area contributed by atoms with E-state index in [9.17, 15) is 23.5 Å². The number of aryl methyl sites for hydroxylation is 1. The lowest BCUT2D eigenvalue weighted by Gasteiger charge is -2.32. The van der Waals surface area contributed by atoms with E-state index in [2.05, 4.69) is 10.3 Å². The zero-order chi connectivity index (χ0) is 23.8. The van der Waals surface area contributed by atoms with Crippen molar-refractivity contribution in [3.05, 3.63) is 59.2 Å². The molecule has 0 aliphatic carbocycles. The fourth-order valence-corrected chi connectivity index (χ4v) is 4.30. The smallest absolute Gasteiger partial charge is 0.263 e. The van der Waals surface area contributed by atoms with Gasteiger partial charge in [-0.05, 0) is 49.6 Å². The number of hydrogen-bond acceptors (Lipinski definition) is 4. The number of likely N-dealkylation sites (tertiary alicyclic amines) is 1. The lowest BCUT2D eigenvalue weighted by Crippen LogP contribution is -2.37. The van der Waals surface area contributed by atoms with Crippen molar-refractivity contribution < 1.29 is 23.5 Å². The van der Waals surface area contributed by atoms with E-state index in [1.807, 2.05) is 25.1 Å². The maximum Gasteiger partial charge on any atom is 0.263 e. The van der Waals surface area contributed by atoms with E-state index in [0.29, 0.717) is 31.3 Å². The summed E-state index contributed by atoms with van der Waals surface area (Å²) in [5.41, 5.74) is 1.77. The second-order valence-corrected chi connectivity index (χ2v) is 8.47. The van der Waals surface area contributed by atoms with E-state index in [1.165, 1.54) is 18.2 Å². The molecule has 2 N–H and O–H groups in total. The van der Waals surface area contributed by atoms with Gasteiger partial charge in [0.2, 0.25) is 11.9 Å². The fraction of sp³-hybridized carbons (Fsp3) is 0.375. The quantitative estimate of drug-likeness (QED) is 0.561. The number of aromatic nitrogens is 2. The van der Waals surface area contributed by atoms with Gasteiger partial charge in [-0.3, -0.25) is 14.9 Å². The Bertz CT molecular complexity index is 1210. The van der Waals surface area contributed by atoms with E-state index >= 15 is 0 Å². The largest absolute Gasteiger partial charge is 0.396 e. The molecular formula is C24H26F2N4O3. The van der Waals surface area contributed by atoms with Crippen molar-refractivity contribution in [3.63, 3.8) is 0 Å². The number of aliphatic hydroxyl groups is 1. The van der Waals surface area contributed by atoms with Gasteiger partial charge in [-0.15, -0.1) is 0 Å². The molecule has 1 saturated heterocycles. The minimum absolute atomic E-state index is 0.0352. The molecule has 0 bridgehead atoms. The predicted octanol–water partition coefficient (Wildman–Crippen LogP) is 4.08. The second kappa shape index (κ2) is 8.90. The predicted molar refractivity (Wildman–Crippen MR) is 120 cm³/mol. The lowest BCUT2D eigenvalue weighted by molar-refractivity contribution is -0.129. The highest BCUT2D eigenvalue weighted by Gasteiger charge is 2.40. The molecule has 0 saturated carbocycles. The Morgan fingerprint density at radius 3 is 2.73 bits per heavy atom. The number of anilines is 1. The number of carbonyl (C=O) groups is 2. The van der Waals surface area contributed by atoms with E-state index < -0.39 is 17.9 Å². The van der Waals surface area contributed by atoms with E-state index in [4.69, 9.17) is 0 Å². The maximum absolute atomic E-state index is 13.0. The molecule has 2 aromatic carbocycles. The van der Waals surface area contributed by atoms with Crippen LogP contribution in [0.25, 0.3) is 11.0 Å². The molecule has 7 nitrogen and oxygen atoms in total. The zero-order valence-corrected chi connectivity index (χ0v) is 18.5. The molecule has 3 aromatic rings. The number of rotatable bonds is 7. The van der Waals surface area contributed by atoms with Gasteiger partial charge >= 0.3 is 0 Å². The summed E-state index contributed by atoms with van der Waals surface area (Å²) in [5, 5.41) is 12.0. The van der Waals surface area contributed by atoms with E-state index in [1.54, 1.807) is 16.5 Å². The first-order valence-electron chi connectivity index (χ1n) is 10.8. The molecule has 1 aromatic heterocycles. The van der Waals surface area contributed by atoms with Crippen LogP contribution in [0.1, 0.15) is 54.1 Å². The molecule has 0 radical (unpaired) electrons. The van der Waals surface area contributed by atoms with Crippen LogP contribution in [0, 0.1) is 0 Å². The molecule has 4 rings (SSSR count). The second-order valence-electron chi connectivity index (χ2n) is 8.47. The Labute approximate surface area is 190 Å². The van der Waals surface area contributed by atoms with Crippen molar-refractivity contribution in [2.24, 2.45) is 0 Å². The van der Waals surface area contributed by atoms with Crippen molar-refractivity contribution in [1.29, 1.82) is 0 Å². The zero-order valence-electron chi connectivity index (χ0n) is 18.5. The van der Waals surface area contributed by atoms with Gasteiger partial charge in [0.15, 0.2) is 0 Å². The Balaban J connectivity index is 1.70. The van der Waals surface area contributed by atoms with Crippen LogP contribution >= 0.6 is 0 Å². The minimum Gasteiger partial charge on any atom is -0.396 e. The summed E-state index contributed by atoms with van der Waals surface area (Å²) in [6.07, 6.45) is -1.04. The molecule has 0 unspecified atom stereocenters. The molecule has 1 fully saturated rings. The van der Waals surface area contributed by atoms with Gasteiger partial charge in [0, 0.05) is 37.7 Å². The standard InChI is InChI=1S/C24H26F2N4O3/c1-24(10-9-20(32)29(24)2)17-7-8-19-18(14-17)27-23(30(19)11-4-12-31)28-22(33)16-6-3-5-15(13-16)21(25)26/h3,5-8,13-14,21,31H,4,9-12H2,1-2H3,(H,27,28,33)/t24-/m1/s1. The normalized spacial score (nSPS) is 18.5. The molecular weight excluding hydrogens is 430 g/mol. The van der Waals surface area contributed by atoms with Crippen LogP contribution in [0.4, 0.5) is 14.7 Å². The first-order chi connectivity index (χ1) is 15.7. The minimum atomic E-state index is -2.67. The van der Waals surface area contributed by atoms with Gasteiger partial charge in [0.25, 0.3) is 12.3 Å². The maximum atomic E-state index is 13.0. The van der Waals surface area contributed by atoms with E-state index in [0.717, 1.165) is 17.1 Å². The monoisotopic (exact) mass is 456 g/mol. The number of alkyl halides is 2. The van der Waals surface area contributed by atoms with Gasteiger partial charge < -0.3 is 14.6 Å². The number of benzene rings is 2. The number of nitrogens with one attached hydrogen (secondary N) is 1. The van der Waals surface area contributed by atoms with Crippen LogP contribution in [0.15, 0.2) is 42.5 Å². The van der Waals surface area contributed by atoms with Crippen molar-refractivity contribution in [2.75, 3.05) is 19.0 Å². The number of amides is 2. The SMILES string of the molecule is CN1C(=O)CC[C@]1(C)c1ccc2c(c1)nc(NC(=O)c1cccc(C(F)F)c1)n2CCCO. The summed E-state index contributed by atoms with van der Waals surface area (Å²) >= 11 is 0. The first kappa shape index (κ1) is 22.8. The van der Waals surface area contributed by atoms with Crippen LogP contribution in [-0.4, -0.2) is 45.0 Å². The van der Waals surface area contributed by atoms with E-state index in [-0.39, 0.29) is 29.6 Å². The topological polar surface area (TPSA) is 87.5 Å². The highest BCUT2D eigenvalue weighted by Crippen LogP contribution is 2.39. The van der Waals surface area contributed by atoms with Gasteiger partial charge in [-0.2, -0.15) is 0 Å². The van der Waals surface area contributed by atoms with Crippen molar-refractivity contribution in [1.82, 2.24) is 14.5 Å². The Morgan fingerprint density at radius 1 is 1.27 bits per heavy atom. The Morgan fingerprint density at radius 2 is 2.06 bits per heavy atom. The fourth-order valence-electron chi connectivity index (χ4n) is 4.30. The molecule has 1 atom stereocenters. The third-order valence-electron chi connectivity index (χ3n) is 6.48. The molecule has 2 amide bonds. The third-order valence-corrected chi connectivity index (χ3v) is 6.48. The van der Waals surface area contributed by atoms with Gasteiger partial charge in [0.05, 0.1) is 16.6 Å². The number of imidazole rings is 1. The summed E-state index contributed by atoms with van der Waals surface area (Å²) < 4.78 is 27.9. The first-order valence-corrected chi connectivity index (χ1v) is 10.8. The highest BCUT2D eigenvalue weighted by atomic mass is 19.3. The Kier molecular flexibility index (Phi) is 6.16.